The lowest BCUT2D eigenvalue weighted by Crippen LogP contribution is -2.01. The normalized spacial score (nSPS) is 12.2. The highest BCUT2D eigenvalue weighted by atomic mass is 32.2. The predicted octanol–water partition coefficient (Wildman–Crippen LogP) is 6.69. The third kappa shape index (κ3) is 10.4. The van der Waals surface area contributed by atoms with Crippen LogP contribution in [0.15, 0.2) is 53.7 Å². The summed E-state index contributed by atoms with van der Waals surface area (Å²) in [5.74, 6) is 0. The second kappa shape index (κ2) is 13.6. The lowest BCUT2D eigenvalue weighted by Gasteiger charge is -2.02. The Bertz CT molecular complexity index is 628. The van der Waals surface area contributed by atoms with E-state index in [1.807, 2.05) is 6.92 Å². The fraction of sp³-hybridized carbons (Fsp3) is 0.545. The summed E-state index contributed by atoms with van der Waals surface area (Å²) in [6, 6.07) is 6.63. The first kappa shape index (κ1) is 22.5. The smallest absolute Gasteiger partial charge is 0.338 e. The minimum atomic E-state index is -3.70. The third-order valence-electron chi connectivity index (χ3n) is 4.25. The van der Waals surface area contributed by atoms with E-state index in [4.69, 9.17) is 4.18 Å². The molecule has 0 aliphatic carbocycles. The van der Waals surface area contributed by atoms with E-state index in [1.54, 1.807) is 30.3 Å². The van der Waals surface area contributed by atoms with E-state index in [0.717, 1.165) is 12.0 Å². The third-order valence-corrected chi connectivity index (χ3v) is 5.47. The molecule has 0 N–H and O–H groups in total. The quantitative estimate of drug-likeness (QED) is 0.157. The lowest BCUT2D eigenvalue weighted by molar-refractivity contribution is 0.442. The maximum Gasteiger partial charge on any atom is 0.338 e. The van der Waals surface area contributed by atoms with E-state index in [2.05, 4.69) is 19.1 Å². The molecule has 0 amide bonds. The fourth-order valence-electron chi connectivity index (χ4n) is 2.62. The first-order chi connectivity index (χ1) is 12.6. The van der Waals surface area contributed by atoms with Crippen molar-refractivity contribution in [1.82, 2.24) is 0 Å². The van der Waals surface area contributed by atoms with Crippen LogP contribution in [0, 0.1) is 6.92 Å². The molecule has 0 aromatic heterocycles. The molecular weight excluding hydrogens is 344 g/mol. The van der Waals surface area contributed by atoms with Crippen molar-refractivity contribution in [2.75, 3.05) is 0 Å². The first-order valence-corrected chi connectivity index (χ1v) is 11.3. The van der Waals surface area contributed by atoms with Crippen LogP contribution in [-0.2, 0) is 14.3 Å². The lowest BCUT2D eigenvalue weighted by atomic mass is 10.1. The van der Waals surface area contributed by atoms with Crippen molar-refractivity contribution in [2.45, 2.75) is 83.0 Å². The second-order valence-electron chi connectivity index (χ2n) is 6.71. The molecule has 0 saturated carbocycles. The highest BCUT2D eigenvalue weighted by Crippen LogP contribution is 2.13. The monoisotopic (exact) mass is 378 g/mol. The van der Waals surface area contributed by atoms with E-state index < -0.39 is 10.1 Å². The van der Waals surface area contributed by atoms with Crippen LogP contribution in [0.1, 0.15) is 76.7 Å². The molecule has 4 heteroatoms. The molecule has 0 fully saturated rings. The van der Waals surface area contributed by atoms with Crippen LogP contribution in [0.25, 0.3) is 0 Å². The molecule has 146 valence electrons. The molecule has 0 spiro atoms. The van der Waals surface area contributed by atoms with Crippen LogP contribution in [0.4, 0.5) is 0 Å². The van der Waals surface area contributed by atoms with Gasteiger partial charge in [0, 0.05) is 0 Å². The molecule has 0 aliphatic rings. The second-order valence-corrected chi connectivity index (χ2v) is 8.28. The van der Waals surface area contributed by atoms with Gasteiger partial charge in [-0.05, 0) is 44.4 Å². The summed E-state index contributed by atoms with van der Waals surface area (Å²) >= 11 is 0. The Kier molecular flexibility index (Phi) is 11.8. The van der Waals surface area contributed by atoms with Crippen LogP contribution in [0.3, 0.4) is 0 Å². The fourth-order valence-corrected chi connectivity index (χ4v) is 3.42. The Hall–Kier alpha value is -1.55. The zero-order valence-electron chi connectivity index (χ0n) is 16.3. The maximum atomic E-state index is 12.0. The Morgan fingerprint density at radius 1 is 0.846 bits per heavy atom. The summed E-state index contributed by atoms with van der Waals surface area (Å²) in [4.78, 5) is 0.179. The molecule has 0 atom stereocenters. The van der Waals surface area contributed by atoms with Gasteiger partial charge in [0.15, 0.2) is 0 Å². The molecule has 0 heterocycles. The number of hydrogen-bond acceptors (Lipinski definition) is 3. The minimum absolute atomic E-state index is 0.179. The largest absolute Gasteiger partial charge is 0.387 e. The molecule has 1 aromatic rings. The highest BCUT2D eigenvalue weighted by molar-refractivity contribution is 7.86. The Labute approximate surface area is 160 Å². The molecule has 26 heavy (non-hydrogen) atoms. The van der Waals surface area contributed by atoms with Gasteiger partial charge in [0.1, 0.15) is 11.2 Å². The van der Waals surface area contributed by atoms with Gasteiger partial charge < -0.3 is 4.18 Å². The summed E-state index contributed by atoms with van der Waals surface area (Å²) < 4.78 is 28.9. The SMILES string of the molecule is CCCCCCCCCC/C=C\CC=COS(=O)(=O)c1ccc(C)cc1. The van der Waals surface area contributed by atoms with Crippen molar-refractivity contribution in [2.24, 2.45) is 0 Å². The van der Waals surface area contributed by atoms with Crippen molar-refractivity contribution in [3.05, 3.63) is 54.3 Å². The number of allylic oxidation sites excluding steroid dienone is 3. The van der Waals surface area contributed by atoms with Crippen LogP contribution < -0.4 is 0 Å². The first-order valence-electron chi connectivity index (χ1n) is 9.86. The van der Waals surface area contributed by atoms with Gasteiger partial charge in [-0.15, -0.1) is 0 Å². The summed E-state index contributed by atoms with van der Waals surface area (Å²) in [5, 5.41) is 0. The zero-order valence-corrected chi connectivity index (χ0v) is 17.1. The number of rotatable bonds is 14. The van der Waals surface area contributed by atoms with Crippen LogP contribution >= 0.6 is 0 Å². The Balaban J connectivity index is 2.09. The van der Waals surface area contributed by atoms with E-state index in [1.165, 1.54) is 57.6 Å². The van der Waals surface area contributed by atoms with Crippen molar-refractivity contribution in [3.63, 3.8) is 0 Å². The van der Waals surface area contributed by atoms with Gasteiger partial charge in [-0.25, -0.2) is 0 Å². The molecule has 0 bridgehead atoms. The standard InChI is InChI=1S/C22H34O3S/c1-3-4-5-6-7-8-9-10-11-12-13-14-15-20-25-26(23,24)22-18-16-21(2)17-19-22/h12-13,15-20H,3-11,14H2,1-2H3/b13-12-,20-15?. The van der Waals surface area contributed by atoms with Gasteiger partial charge in [-0.1, -0.05) is 81.7 Å². The highest BCUT2D eigenvalue weighted by Gasteiger charge is 2.12. The van der Waals surface area contributed by atoms with Crippen LogP contribution in [-0.4, -0.2) is 8.42 Å². The molecule has 0 saturated heterocycles. The molecule has 0 radical (unpaired) electrons. The number of benzene rings is 1. The van der Waals surface area contributed by atoms with Gasteiger partial charge in [0.05, 0.1) is 0 Å². The van der Waals surface area contributed by atoms with Crippen molar-refractivity contribution in [3.8, 4) is 0 Å². The topological polar surface area (TPSA) is 43.4 Å². The molecule has 1 aromatic carbocycles. The van der Waals surface area contributed by atoms with Crippen molar-refractivity contribution in [1.29, 1.82) is 0 Å². The van der Waals surface area contributed by atoms with Gasteiger partial charge in [0.2, 0.25) is 0 Å². The number of hydrogen-bond donors (Lipinski definition) is 0. The zero-order chi connectivity index (χ0) is 19.1. The molecular formula is C22H34O3S. The van der Waals surface area contributed by atoms with Gasteiger partial charge in [-0.2, -0.15) is 8.42 Å². The minimum Gasteiger partial charge on any atom is -0.387 e. The number of aryl methyl sites for hydroxylation is 1. The van der Waals surface area contributed by atoms with E-state index >= 15 is 0 Å². The maximum absolute atomic E-state index is 12.0. The van der Waals surface area contributed by atoms with Crippen LogP contribution in [0.5, 0.6) is 0 Å². The van der Waals surface area contributed by atoms with Gasteiger partial charge in [0.25, 0.3) is 0 Å². The Morgan fingerprint density at radius 2 is 1.46 bits per heavy atom. The van der Waals surface area contributed by atoms with Gasteiger partial charge >= 0.3 is 10.1 Å². The predicted molar refractivity (Wildman–Crippen MR) is 110 cm³/mol. The summed E-state index contributed by atoms with van der Waals surface area (Å²) in [6.07, 6.45) is 19.6. The number of unbranched alkanes of at least 4 members (excludes halogenated alkanes) is 8. The summed E-state index contributed by atoms with van der Waals surface area (Å²) in [7, 11) is -3.70. The Morgan fingerprint density at radius 3 is 2.12 bits per heavy atom. The van der Waals surface area contributed by atoms with E-state index in [0.29, 0.717) is 6.42 Å². The molecule has 0 aliphatic heterocycles. The van der Waals surface area contributed by atoms with Crippen molar-refractivity contribution < 1.29 is 12.6 Å². The van der Waals surface area contributed by atoms with E-state index in [-0.39, 0.29) is 4.90 Å². The van der Waals surface area contributed by atoms with E-state index in [9.17, 15) is 8.42 Å². The van der Waals surface area contributed by atoms with Crippen molar-refractivity contribution >= 4 is 10.1 Å². The average Bonchev–Trinajstić information content (AvgIpc) is 2.62. The summed E-state index contributed by atoms with van der Waals surface area (Å²) in [5.41, 5.74) is 1.01. The molecule has 1 rings (SSSR count). The summed E-state index contributed by atoms with van der Waals surface area (Å²) in [6.45, 7) is 4.16. The molecule has 0 unspecified atom stereocenters. The molecule has 3 nitrogen and oxygen atoms in total. The van der Waals surface area contributed by atoms with Crippen LogP contribution in [0.2, 0.25) is 0 Å². The average molecular weight is 379 g/mol. The van der Waals surface area contributed by atoms with Gasteiger partial charge in [-0.3, -0.25) is 0 Å².